The number of hydrogen-bond donors (Lipinski definition) is 1. The van der Waals surface area contributed by atoms with Crippen molar-refractivity contribution >= 4 is 27.0 Å². The molecule has 1 aromatic carbocycles. The van der Waals surface area contributed by atoms with Gasteiger partial charge in [-0.3, -0.25) is 4.90 Å². The van der Waals surface area contributed by atoms with Crippen molar-refractivity contribution in [1.82, 2.24) is 14.9 Å². The predicted octanol–water partition coefficient (Wildman–Crippen LogP) is 3.62. The van der Waals surface area contributed by atoms with Crippen molar-refractivity contribution in [3.63, 3.8) is 0 Å². The van der Waals surface area contributed by atoms with E-state index in [1.807, 2.05) is 0 Å². The summed E-state index contributed by atoms with van der Waals surface area (Å²) in [6.07, 6.45) is 5.31. The minimum absolute atomic E-state index is 0.517. The maximum atomic E-state index is 4.78. The Bertz CT molecular complexity index is 588. The molecule has 0 bridgehead atoms. The second-order valence-corrected chi connectivity index (χ2v) is 6.33. The van der Waals surface area contributed by atoms with Crippen LogP contribution in [0.3, 0.4) is 0 Å². The van der Waals surface area contributed by atoms with Crippen LogP contribution in [-0.2, 0) is 0 Å². The lowest BCUT2D eigenvalue weighted by atomic mass is 10.2. The number of fused-ring (bicyclic) bond motifs is 1. The summed E-state index contributed by atoms with van der Waals surface area (Å²) in [6.45, 7) is 1.25. The molecule has 2 heterocycles. The molecule has 1 N–H and O–H groups in total. The number of nitrogens with zero attached hydrogens (tertiary/aromatic N) is 2. The van der Waals surface area contributed by atoms with E-state index in [-0.39, 0.29) is 0 Å². The van der Waals surface area contributed by atoms with Crippen molar-refractivity contribution in [2.24, 2.45) is 0 Å². The molecule has 2 aliphatic rings. The molecule has 1 atom stereocenters. The second kappa shape index (κ2) is 4.07. The van der Waals surface area contributed by atoms with Gasteiger partial charge in [-0.15, -0.1) is 0 Å². The quantitative estimate of drug-likeness (QED) is 0.919. The number of imidazole rings is 1. The van der Waals surface area contributed by atoms with E-state index in [9.17, 15) is 0 Å². The summed E-state index contributed by atoms with van der Waals surface area (Å²) < 4.78 is 1.11. The average Bonchev–Trinajstić information content (AvgIpc) is 2.94. The average molecular weight is 306 g/mol. The van der Waals surface area contributed by atoms with Crippen molar-refractivity contribution in [3.8, 4) is 0 Å². The van der Waals surface area contributed by atoms with E-state index < -0.39 is 0 Å². The lowest BCUT2D eigenvalue weighted by Gasteiger charge is -2.22. The van der Waals surface area contributed by atoms with Gasteiger partial charge in [0.2, 0.25) is 0 Å². The molecule has 3 nitrogen and oxygen atoms in total. The first-order valence-electron chi connectivity index (χ1n) is 6.72. The van der Waals surface area contributed by atoms with Gasteiger partial charge in [0.05, 0.1) is 17.1 Å². The number of aromatic amines is 1. The molecule has 0 amide bonds. The van der Waals surface area contributed by atoms with Gasteiger partial charge in [0.1, 0.15) is 5.82 Å². The summed E-state index contributed by atoms with van der Waals surface area (Å²) in [5.74, 6) is 1.16. The number of hydrogen-bond acceptors (Lipinski definition) is 2. The third-order valence-electron chi connectivity index (χ3n) is 4.09. The normalized spacial score (nSPS) is 25.1. The van der Waals surface area contributed by atoms with Crippen molar-refractivity contribution in [2.75, 3.05) is 6.54 Å². The summed E-state index contributed by atoms with van der Waals surface area (Å²) >= 11 is 3.51. The Balaban J connectivity index is 1.72. The molecule has 1 aromatic heterocycles. The Hall–Kier alpha value is -0.870. The highest BCUT2D eigenvalue weighted by Crippen LogP contribution is 2.40. The fourth-order valence-electron chi connectivity index (χ4n) is 3.09. The van der Waals surface area contributed by atoms with E-state index in [0.29, 0.717) is 6.04 Å². The third-order valence-corrected chi connectivity index (χ3v) is 4.58. The summed E-state index contributed by atoms with van der Waals surface area (Å²) in [5.41, 5.74) is 2.22. The summed E-state index contributed by atoms with van der Waals surface area (Å²) in [4.78, 5) is 10.9. The number of benzene rings is 1. The van der Waals surface area contributed by atoms with E-state index in [1.165, 1.54) is 32.2 Å². The van der Waals surface area contributed by atoms with Crippen LogP contribution >= 0.6 is 15.9 Å². The maximum absolute atomic E-state index is 4.78. The Morgan fingerprint density at radius 1 is 1.28 bits per heavy atom. The standard InChI is InChI=1S/C14H16BrN3/c15-9-3-6-11-12(8-9)17-14(16-11)13-2-1-7-18(13)10-4-5-10/h3,6,8,10,13H,1-2,4-5,7H2,(H,16,17)/t13-/m0/s1. The number of rotatable bonds is 2. The topological polar surface area (TPSA) is 31.9 Å². The van der Waals surface area contributed by atoms with Crippen molar-refractivity contribution in [2.45, 2.75) is 37.8 Å². The second-order valence-electron chi connectivity index (χ2n) is 5.41. The molecule has 1 aliphatic carbocycles. The zero-order chi connectivity index (χ0) is 12.1. The van der Waals surface area contributed by atoms with Crippen LogP contribution in [-0.4, -0.2) is 27.5 Å². The molecule has 2 fully saturated rings. The van der Waals surface area contributed by atoms with Crippen LogP contribution < -0.4 is 0 Å². The zero-order valence-electron chi connectivity index (χ0n) is 10.2. The van der Waals surface area contributed by atoms with E-state index >= 15 is 0 Å². The maximum Gasteiger partial charge on any atom is 0.124 e. The molecule has 1 saturated carbocycles. The first-order valence-corrected chi connectivity index (χ1v) is 7.51. The molecule has 18 heavy (non-hydrogen) atoms. The van der Waals surface area contributed by atoms with Crippen molar-refractivity contribution < 1.29 is 0 Å². The molecule has 0 radical (unpaired) electrons. The highest BCUT2D eigenvalue weighted by atomic mass is 79.9. The molecule has 4 rings (SSSR count). The largest absolute Gasteiger partial charge is 0.341 e. The van der Waals surface area contributed by atoms with Crippen molar-refractivity contribution in [3.05, 3.63) is 28.5 Å². The van der Waals surface area contributed by atoms with Crippen LogP contribution in [0.25, 0.3) is 11.0 Å². The monoisotopic (exact) mass is 305 g/mol. The lowest BCUT2D eigenvalue weighted by molar-refractivity contribution is 0.239. The molecule has 94 valence electrons. The van der Waals surface area contributed by atoms with Crippen LogP contribution in [0, 0.1) is 0 Å². The fourth-order valence-corrected chi connectivity index (χ4v) is 3.45. The smallest absolute Gasteiger partial charge is 0.124 e. The van der Waals surface area contributed by atoms with Crippen LogP contribution in [0.2, 0.25) is 0 Å². The van der Waals surface area contributed by atoms with Gasteiger partial charge in [-0.25, -0.2) is 4.98 Å². The van der Waals surface area contributed by atoms with Gasteiger partial charge >= 0.3 is 0 Å². The summed E-state index contributed by atoms with van der Waals surface area (Å²) in [7, 11) is 0. The van der Waals surface area contributed by atoms with Crippen LogP contribution in [0.1, 0.15) is 37.5 Å². The Kier molecular flexibility index (Phi) is 2.49. The molecule has 1 aliphatic heterocycles. The van der Waals surface area contributed by atoms with Gasteiger partial charge in [-0.1, -0.05) is 15.9 Å². The van der Waals surface area contributed by atoms with Crippen LogP contribution in [0.4, 0.5) is 0 Å². The highest BCUT2D eigenvalue weighted by molar-refractivity contribution is 9.10. The van der Waals surface area contributed by atoms with E-state index in [2.05, 4.69) is 44.0 Å². The molecule has 2 aromatic rings. The van der Waals surface area contributed by atoms with Gasteiger partial charge in [0, 0.05) is 10.5 Å². The van der Waals surface area contributed by atoms with Gasteiger partial charge in [0.15, 0.2) is 0 Å². The summed E-state index contributed by atoms with van der Waals surface area (Å²) in [5, 5.41) is 0. The van der Waals surface area contributed by atoms with Gasteiger partial charge < -0.3 is 4.98 Å². The van der Waals surface area contributed by atoms with Gasteiger partial charge in [-0.2, -0.15) is 0 Å². The van der Waals surface area contributed by atoms with Gasteiger partial charge in [-0.05, 0) is 50.4 Å². The first-order chi connectivity index (χ1) is 8.81. The zero-order valence-corrected chi connectivity index (χ0v) is 11.8. The number of nitrogens with one attached hydrogen (secondary N) is 1. The van der Waals surface area contributed by atoms with E-state index in [0.717, 1.165) is 27.4 Å². The minimum Gasteiger partial charge on any atom is -0.341 e. The third kappa shape index (κ3) is 1.79. The number of H-pyrrole nitrogens is 1. The predicted molar refractivity (Wildman–Crippen MR) is 75.5 cm³/mol. The Morgan fingerprint density at radius 2 is 2.17 bits per heavy atom. The molecule has 0 spiro atoms. The summed E-state index contributed by atoms with van der Waals surface area (Å²) in [6, 6.07) is 7.60. The number of aromatic nitrogens is 2. The highest BCUT2D eigenvalue weighted by Gasteiger charge is 2.38. The Morgan fingerprint density at radius 3 is 3.00 bits per heavy atom. The fraction of sp³-hybridized carbons (Fsp3) is 0.500. The SMILES string of the molecule is Brc1ccc2nc([C@@H]3CCCN3C3CC3)[nH]c2c1. The Labute approximate surface area is 115 Å². The first kappa shape index (κ1) is 11.0. The molecule has 1 saturated heterocycles. The van der Waals surface area contributed by atoms with Crippen LogP contribution in [0.5, 0.6) is 0 Å². The number of likely N-dealkylation sites (tertiary alicyclic amines) is 1. The van der Waals surface area contributed by atoms with Gasteiger partial charge in [0.25, 0.3) is 0 Å². The molecule has 0 unspecified atom stereocenters. The minimum atomic E-state index is 0.517. The lowest BCUT2D eigenvalue weighted by Crippen LogP contribution is -2.26. The molecular weight excluding hydrogens is 290 g/mol. The molecule has 4 heteroatoms. The van der Waals surface area contributed by atoms with E-state index in [4.69, 9.17) is 4.98 Å². The number of halogens is 1. The van der Waals surface area contributed by atoms with E-state index in [1.54, 1.807) is 0 Å². The van der Waals surface area contributed by atoms with Crippen LogP contribution in [0.15, 0.2) is 22.7 Å². The van der Waals surface area contributed by atoms with Crippen molar-refractivity contribution in [1.29, 1.82) is 0 Å². The molecular formula is C14H16BrN3.